The number of piperazine rings is 1. The van der Waals surface area contributed by atoms with Gasteiger partial charge in [0.25, 0.3) is 0 Å². The fourth-order valence-corrected chi connectivity index (χ4v) is 7.13. The van der Waals surface area contributed by atoms with Crippen molar-refractivity contribution in [1.82, 2.24) is 19.8 Å². The largest absolute Gasteiger partial charge is 0.463 e. The van der Waals surface area contributed by atoms with E-state index < -0.39 is 5.60 Å². The van der Waals surface area contributed by atoms with Crippen molar-refractivity contribution < 1.29 is 19.1 Å². The molecule has 2 amide bonds. The first-order chi connectivity index (χ1) is 23.0. The van der Waals surface area contributed by atoms with Gasteiger partial charge >= 0.3 is 12.1 Å². The summed E-state index contributed by atoms with van der Waals surface area (Å²) in [7, 11) is 0. The standard InChI is InChI=1S/C36H42ClN7O4/c1-5-31(45)44-19-18-42(21-26(44)12-15-38)33-27-14-17-41(30-11-7-9-25-8-6-10-28(37)32(25)30)22-29(27)39-34(40-33)47-23-24-13-16-43(20-24)35(46)48-36(2,3)4/h5-11,24,26H,1,12-14,16-23H2,2-4H3/t24-,26+/m1/s1. The lowest BCUT2D eigenvalue weighted by molar-refractivity contribution is -0.128. The number of nitrogens with zero attached hydrogens (tertiary/aromatic N) is 7. The van der Waals surface area contributed by atoms with Crippen molar-refractivity contribution in [1.29, 1.82) is 5.26 Å². The highest BCUT2D eigenvalue weighted by Gasteiger charge is 2.34. The average molecular weight is 672 g/mol. The predicted octanol–water partition coefficient (Wildman–Crippen LogP) is 5.60. The van der Waals surface area contributed by atoms with Crippen LogP contribution in [0.5, 0.6) is 6.01 Å². The third-order valence-corrected chi connectivity index (χ3v) is 9.46. The Kier molecular flexibility index (Phi) is 9.65. The zero-order valence-electron chi connectivity index (χ0n) is 27.8. The van der Waals surface area contributed by atoms with Gasteiger partial charge in [0.1, 0.15) is 11.4 Å². The van der Waals surface area contributed by atoms with Gasteiger partial charge < -0.3 is 29.1 Å². The molecule has 2 fully saturated rings. The van der Waals surface area contributed by atoms with Crippen LogP contribution in [0.15, 0.2) is 49.1 Å². The molecular weight excluding hydrogens is 630 g/mol. The Morgan fingerprint density at radius 2 is 1.88 bits per heavy atom. The molecule has 2 atom stereocenters. The van der Waals surface area contributed by atoms with E-state index >= 15 is 0 Å². The number of aromatic nitrogens is 2. The number of rotatable bonds is 7. The average Bonchev–Trinajstić information content (AvgIpc) is 3.55. The Balaban J connectivity index is 1.28. The number of amides is 2. The summed E-state index contributed by atoms with van der Waals surface area (Å²) in [6.07, 6.45) is 2.69. The molecule has 3 aliphatic rings. The molecular formula is C36H42ClN7O4. The van der Waals surface area contributed by atoms with Gasteiger partial charge in [0.05, 0.1) is 42.4 Å². The molecule has 0 saturated carbocycles. The summed E-state index contributed by atoms with van der Waals surface area (Å²) in [5.74, 6) is 0.717. The fraction of sp³-hybridized carbons (Fsp3) is 0.472. The zero-order chi connectivity index (χ0) is 34.0. The van der Waals surface area contributed by atoms with Crippen molar-refractivity contribution in [2.75, 3.05) is 55.7 Å². The van der Waals surface area contributed by atoms with Crippen LogP contribution in [0.2, 0.25) is 5.02 Å². The highest BCUT2D eigenvalue weighted by molar-refractivity contribution is 6.36. The Labute approximate surface area is 286 Å². The van der Waals surface area contributed by atoms with Gasteiger partial charge in [-0.3, -0.25) is 4.79 Å². The highest BCUT2D eigenvalue weighted by Crippen LogP contribution is 2.37. The summed E-state index contributed by atoms with van der Waals surface area (Å²) >= 11 is 6.71. The van der Waals surface area contributed by atoms with Gasteiger partial charge in [-0.25, -0.2) is 4.79 Å². The third kappa shape index (κ3) is 7.14. The molecule has 0 bridgehead atoms. The SMILES string of the molecule is C=CC(=O)N1CCN(c2nc(OC[C@@H]3CCN(C(=O)OC(C)(C)C)C3)nc3c2CCN(c2cccc4cccc(Cl)c24)C3)C[C@@H]1CC#N. The molecule has 6 rings (SSSR count). The van der Waals surface area contributed by atoms with Crippen molar-refractivity contribution in [3.8, 4) is 12.1 Å². The van der Waals surface area contributed by atoms with Crippen LogP contribution in [0.3, 0.4) is 0 Å². The number of likely N-dealkylation sites (tertiary alicyclic amines) is 1. The lowest BCUT2D eigenvalue weighted by atomic mass is 10.0. The number of hydrogen-bond acceptors (Lipinski definition) is 9. The van der Waals surface area contributed by atoms with E-state index in [1.807, 2.05) is 39.0 Å². The summed E-state index contributed by atoms with van der Waals surface area (Å²) < 4.78 is 11.9. The first kappa shape index (κ1) is 33.3. The summed E-state index contributed by atoms with van der Waals surface area (Å²) in [5, 5.41) is 12.4. The molecule has 3 aliphatic heterocycles. The smallest absolute Gasteiger partial charge is 0.410 e. The van der Waals surface area contributed by atoms with Crippen molar-refractivity contribution in [2.45, 2.75) is 58.2 Å². The second-order valence-corrected chi connectivity index (χ2v) is 14.0. The molecule has 3 aromatic rings. The first-order valence-electron chi connectivity index (χ1n) is 16.5. The van der Waals surface area contributed by atoms with Crippen molar-refractivity contribution >= 4 is 45.9 Å². The number of benzene rings is 2. The molecule has 0 spiro atoms. The van der Waals surface area contributed by atoms with E-state index in [0.717, 1.165) is 46.5 Å². The summed E-state index contributed by atoms with van der Waals surface area (Å²) in [6.45, 7) is 13.5. The third-order valence-electron chi connectivity index (χ3n) is 9.15. The van der Waals surface area contributed by atoms with E-state index in [1.54, 1.807) is 9.80 Å². The minimum absolute atomic E-state index is 0.114. The molecule has 0 radical (unpaired) electrons. The van der Waals surface area contributed by atoms with E-state index in [0.29, 0.717) is 57.3 Å². The minimum atomic E-state index is -0.555. The molecule has 252 valence electrons. The maximum Gasteiger partial charge on any atom is 0.410 e. The number of carbonyl (C=O) groups excluding carboxylic acids is 2. The Bertz CT molecular complexity index is 1750. The van der Waals surface area contributed by atoms with Gasteiger partial charge in [-0.2, -0.15) is 15.2 Å². The van der Waals surface area contributed by atoms with Gasteiger partial charge in [0, 0.05) is 61.8 Å². The van der Waals surface area contributed by atoms with E-state index in [9.17, 15) is 14.9 Å². The number of fused-ring (bicyclic) bond motifs is 2. The maximum absolute atomic E-state index is 12.6. The van der Waals surface area contributed by atoms with Gasteiger partial charge in [-0.1, -0.05) is 42.4 Å². The number of hydrogen-bond donors (Lipinski definition) is 0. The quantitative estimate of drug-likeness (QED) is 0.296. The second-order valence-electron chi connectivity index (χ2n) is 13.6. The summed E-state index contributed by atoms with van der Waals surface area (Å²) in [4.78, 5) is 43.1. The summed E-state index contributed by atoms with van der Waals surface area (Å²) in [6, 6.07) is 14.4. The van der Waals surface area contributed by atoms with E-state index in [2.05, 4.69) is 40.6 Å². The summed E-state index contributed by atoms with van der Waals surface area (Å²) in [5.41, 5.74) is 2.40. The van der Waals surface area contributed by atoms with Crippen molar-refractivity contribution in [3.05, 3.63) is 65.3 Å². The Hall–Kier alpha value is -4.56. The molecule has 48 heavy (non-hydrogen) atoms. The van der Waals surface area contributed by atoms with E-state index in [1.165, 1.54) is 6.08 Å². The highest BCUT2D eigenvalue weighted by atomic mass is 35.5. The van der Waals surface area contributed by atoms with Crippen LogP contribution in [0.25, 0.3) is 10.8 Å². The molecule has 2 aromatic carbocycles. The topological polar surface area (TPSA) is 115 Å². The number of ether oxygens (including phenoxy) is 2. The van der Waals surface area contributed by atoms with Crippen LogP contribution in [0.4, 0.5) is 16.3 Å². The van der Waals surface area contributed by atoms with Crippen molar-refractivity contribution in [2.24, 2.45) is 5.92 Å². The van der Waals surface area contributed by atoms with Crippen LogP contribution < -0.4 is 14.5 Å². The van der Waals surface area contributed by atoms with Crippen LogP contribution in [0.1, 0.15) is 44.9 Å². The lowest BCUT2D eigenvalue weighted by Gasteiger charge is -2.42. The molecule has 0 unspecified atom stereocenters. The minimum Gasteiger partial charge on any atom is -0.463 e. The molecule has 11 nitrogen and oxygen atoms in total. The van der Waals surface area contributed by atoms with Crippen molar-refractivity contribution in [3.63, 3.8) is 0 Å². The molecule has 1 aromatic heterocycles. The second kappa shape index (κ2) is 13.9. The zero-order valence-corrected chi connectivity index (χ0v) is 28.6. The van der Waals surface area contributed by atoms with Crippen LogP contribution >= 0.6 is 11.6 Å². The normalized spacial score (nSPS) is 19.6. The molecule has 0 aliphatic carbocycles. The van der Waals surface area contributed by atoms with Crippen LogP contribution in [0, 0.1) is 17.2 Å². The first-order valence-corrected chi connectivity index (χ1v) is 16.9. The monoisotopic (exact) mass is 671 g/mol. The number of carbonyl (C=O) groups is 2. The fourth-order valence-electron chi connectivity index (χ4n) is 6.85. The molecule has 4 heterocycles. The molecule has 2 saturated heterocycles. The van der Waals surface area contributed by atoms with E-state index in [4.69, 9.17) is 31.0 Å². The van der Waals surface area contributed by atoms with Gasteiger partial charge in [0.15, 0.2) is 0 Å². The number of halogens is 1. The lowest BCUT2D eigenvalue weighted by Crippen LogP contribution is -2.55. The predicted molar refractivity (Wildman–Crippen MR) is 185 cm³/mol. The molecule has 12 heteroatoms. The van der Waals surface area contributed by atoms with E-state index in [-0.39, 0.29) is 36.4 Å². The van der Waals surface area contributed by atoms with Gasteiger partial charge in [-0.15, -0.1) is 0 Å². The van der Waals surface area contributed by atoms with Crippen LogP contribution in [-0.4, -0.2) is 89.3 Å². The van der Waals surface area contributed by atoms with Gasteiger partial charge in [0.2, 0.25) is 5.91 Å². The van der Waals surface area contributed by atoms with Crippen LogP contribution in [-0.2, 0) is 22.5 Å². The Morgan fingerprint density at radius 3 is 2.62 bits per heavy atom. The molecule has 0 N–H and O–H groups in total. The maximum atomic E-state index is 12.6. The number of nitriles is 1. The number of anilines is 2. The van der Waals surface area contributed by atoms with Gasteiger partial charge in [-0.05, 0) is 57.2 Å². The Morgan fingerprint density at radius 1 is 1.08 bits per heavy atom.